The molecule has 0 saturated heterocycles. The molecule has 9 heteroatoms. The molecule has 0 unspecified atom stereocenters. The fourth-order valence-electron chi connectivity index (χ4n) is 2.57. The highest BCUT2D eigenvalue weighted by Crippen LogP contribution is 2.30. The SMILES string of the molecule is C=C(C)C(=O)OCCOc1ccc(C(=O)c2ccc(OCCOC(=O)C(=C)C)cc2O)c(O)c1. The fourth-order valence-corrected chi connectivity index (χ4v) is 2.57. The van der Waals surface area contributed by atoms with Crippen LogP contribution in [0.15, 0.2) is 60.7 Å². The lowest BCUT2D eigenvalue weighted by Crippen LogP contribution is -2.12. The largest absolute Gasteiger partial charge is 0.507 e. The van der Waals surface area contributed by atoms with E-state index in [1.165, 1.54) is 50.2 Å². The zero-order valence-corrected chi connectivity index (χ0v) is 19.0. The Morgan fingerprint density at radius 3 is 1.41 bits per heavy atom. The van der Waals surface area contributed by atoms with E-state index in [2.05, 4.69) is 13.2 Å². The first-order valence-electron chi connectivity index (χ1n) is 10.2. The van der Waals surface area contributed by atoms with E-state index in [1.54, 1.807) is 0 Å². The van der Waals surface area contributed by atoms with Crippen molar-refractivity contribution in [1.29, 1.82) is 0 Å². The zero-order chi connectivity index (χ0) is 25.3. The van der Waals surface area contributed by atoms with E-state index in [1.807, 2.05) is 0 Å². The van der Waals surface area contributed by atoms with Crippen molar-refractivity contribution >= 4 is 17.7 Å². The zero-order valence-electron chi connectivity index (χ0n) is 19.0. The first kappa shape index (κ1) is 26.0. The number of benzene rings is 2. The van der Waals surface area contributed by atoms with Crippen molar-refractivity contribution in [2.24, 2.45) is 0 Å². The topological polar surface area (TPSA) is 129 Å². The minimum atomic E-state index is -0.612. The lowest BCUT2D eigenvalue weighted by atomic mass is 10.0. The van der Waals surface area contributed by atoms with Gasteiger partial charge in [-0.25, -0.2) is 9.59 Å². The molecule has 0 aliphatic heterocycles. The number of ether oxygens (including phenoxy) is 4. The summed E-state index contributed by atoms with van der Waals surface area (Å²) in [5.41, 5.74) is 0.452. The normalized spacial score (nSPS) is 10.2. The summed E-state index contributed by atoms with van der Waals surface area (Å²) in [6.45, 7) is 10.1. The van der Waals surface area contributed by atoms with Crippen LogP contribution in [0.4, 0.5) is 0 Å². The molecule has 0 saturated carbocycles. The third-order valence-electron chi connectivity index (χ3n) is 4.30. The quantitative estimate of drug-likeness (QED) is 0.208. The molecule has 2 N–H and O–H groups in total. The second-order valence-electron chi connectivity index (χ2n) is 7.22. The molecular formula is C25H26O9. The molecular weight excluding hydrogens is 444 g/mol. The van der Waals surface area contributed by atoms with Crippen LogP contribution < -0.4 is 9.47 Å². The van der Waals surface area contributed by atoms with E-state index in [0.717, 1.165) is 0 Å². The lowest BCUT2D eigenvalue weighted by molar-refractivity contribution is -0.140. The third-order valence-corrected chi connectivity index (χ3v) is 4.30. The van der Waals surface area contributed by atoms with Gasteiger partial charge < -0.3 is 29.2 Å². The fraction of sp³-hybridized carbons (Fsp3) is 0.240. The van der Waals surface area contributed by atoms with Crippen LogP contribution >= 0.6 is 0 Å². The van der Waals surface area contributed by atoms with Crippen molar-refractivity contribution in [3.05, 3.63) is 71.8 Å². The Labute approximate surface area is 196 Å². The van der Waals surface area contributed by atoms with Gasteiger partial charge in [0, 0.05) is 23.3 Å². The Bertz CT molecular complexity index is 1020. The molecule has 0 heterocycles. The van der Waals surface area contributed by atoms with Gasteiger partial charge in [0.05, 0.1) is 11.1 Å². The van der Waals surface area contributed by atoms with E-state index in [0.29, 0.717) is 0 Å². The predicted molar refractivity (Wildman–Crippen MR) is 122 cm³/mol. The molecule has 0 aromatic heterocycles. The molecule has 9 nitrogen and oxygen atoms in total. The molecule has 2 aromatic carbocycles. The van der Waals surface area contributed by atoms with Gasteiger partial charge in [-0.15, -0.1) is 0 Å². The van der Waals surface area contributed by atoms with Gasteiger partial charge >= 0.3 is 11.9 Å². The highest BCUT2D eigenvalue weighted by atomic mass is 16.6. The number of carbonyl (C=O) groups excluding carboxylic acids is 3. The van der Waals surface area contributed by atoms with Crippen molar-refractivity contribution in [2.45, 2.75) is 13.8 Å². The first-order valence-corrected chi connectivity index (χ1v) is 10.2. The van der Waals surface area contributed by atoms with Gasteiger partial charge in [-0.05, 0) is 38.1 Å². The van der Waals surface area contributed by atoms with Crippen LogP contribution in [0.5, 0.6) is 23.0 Å². The standard InChI is InChI=1S/C25H26O9/c1-15(2)24(29)33-11-9-31-17-5-7-19(21(26)13-17)23(28)20-8-6-18(14-22(20)27)32-10-12-34-25(30)16(3)4/h5-8,13-14,26-27H,1,3,9-12H2,2,4H3. The van der Waals surface area contributed by atoms with Gasteiger partial charge in [-0.3, -0.25) is 4.79 Å². The summed E-state index contributed by atoms with van der Waals surface area (Å²) in [6.07, 6.45) is 0. The van der Waals surface area contributed by atoms with E-state index in [9.17, 15) is 24.6 Å². The van der Waals surface area contributed by atoms with E-state index < -0.39 is 17.7 Å². The maximum Gasteiger partial charge on any atom is 0.333 e. The van der Waals surface area contributed by atoms with Crippen LogP contribution in [0.25, 0.3) is 0 Å². The molecule has 0 bridgehead atoms. The lowest BCUT2D eigenvalue weighted by Gasteiger charge is -2.11. The molecule has 0 aliphatic rings. The van der Waals surface area contributed by atoms with Crippen LogP contribution in [0.1, 0.15) is 29.8 Å². The average Bonchev–Trinajstić information content (AvgIpc) is 2.78. The van der Waals surface area contributed by atoms with Gasteiger partial charge in [0.1, 0.15) is 49.4 Å². The van der Waals surface area contributed by atoms with Crippen molar-refractivity contribution in [3.8, 4) is 23.0 Å². The van der Waals surface area contributed by atoms with Crippen LogP contribution in [-0.2, 0) is 19.1 Å². The summed E-state index contributed by atoms with van der Waals surface area (Å²) >= 11 is 0. The molecule has 34 heavy (non-hydrogen) atoms. The second kappa shape index (κ2) is 12.1. The minimum Gasteiger partial charge on any atom is -0.507 e. The maximum atomic E-state index is 12.8. The minimum absolute atomic E-state index is 0.00818. The summed E-state index contributed by atoms with van der Waals surface area (Å²) in [4.78, 5) is 35.4. The van der Waals surface area contributed by atoms with Crippen LogP contribution in [-0.4, -0.2) is 54.4 Å². The number of phenolic OH excluding ortho intramolecular Hbond substituents is 2. The smallest absolute Gasteiger partial charge is 0.333 e. The van der Waals surface area contributed by atoms with Crippen molar-refractivity contribution in [3.63, 3.8) is 0 Å². The highest BCUT2D eigenvalue weighted by molar-refractivity contribution is 6.12. The number of phenols is 2. The molecule has 2 aromatic rings. The Hall–Kier alpha value is -4.27. The van der Waals surface area contributed by atoms with E-state index >= 15 is 0 Å². The van der Waals surface area contributed by atoms with Gasteiger partial charge in [-0.2, -0.15) is 0 Å². The van der Waals surface area contributed by atoms with Crippen LogP contribution in [0.3, 0.4) is 0 Å². The molecule has 0 fully saturated rings. The predicted octanol–water partition coefficient (Wildman–Crippen LogP) is 3.33. The summed E-state index contributed by atoms with van der Waals surface area (Å²) < 4.78 is 20.6. The average molecular weight is 470 g/mol. The van der Waals surface area contributed by atoms with Crippen LogP contribution in [0.2, 0.25) is 0 Å². The molecule has 2 rings (SSSR count). The number of carbonyl (C=O) groups is 3. The highest BCUT2D eigenvalue weighted by Gasteiger charge is 2.18. The Kier molecular flexibility index (Phi) is 9.25. The Morgan fingerprint density at radius 2 is 1.09 bits per heavy atom. The van der Waals surface area contributed by atoms with Crippen molar-refractivity contribution in [1.82, 2.24) is 0 Å². The maximum absolute atomic E-state index is 12.8. The number of aromatic hydroxyl groups is 2. The molecule has 0 aliphatic carbocycles. The van der Waals surface area contributed by atoms with Crippen LogP contribution in [0, 0.1) is 0 Å². The number of hydrogen-bond acceptors (Lipinski definition) is 9. The monoisotopic (exact) mass is 470 g/mol. The van der Waals surface area contributed by atoms with E-state index in [-0.39, 0.29) is 71.7 Å². The summed E-state index contributed by atoms with van der Waals surface area (Å²) in [7, 11) is 0. The van der Waals surface area contributed by atoms with Gasteiger partial charge in [0.25, 0.3) is 0 Å². The molecule has 0 radical (unpaired) electrons. The number of ketones is 1. The number of hydrogen-bond donors (Lipinski definition) is 2. The van der Waals surface area contributed by atoms with Crippen molar-refractivity contribution in [2.75, 3.05) is 26.4 Å². The van der Waals surface area contributed by atoms with Gasteiger partial charge in [-0.1, -0.05) is 13.2 Å². The van der Waals surface area contributed by atoms with E-state index in [4.69, 9.17) is 18.9 Å². The molecule has 0 spiro atoms. The first-order chi connectivity index (χ1) is 16.1. The second-order valence-corrected chi connectivity index (χ2v) is 7.22. The number of rotatable bonds is 12. The van der Waals surface area contributed by atoms with Gasteiger partial charge in [0.15, 0.2) is 5.78 Å². The molecule has 0 atom stereocenters. The Morgan fingerprint density at radius 1 is 0.706 bits per heavy atom. The summed E-state index contributed by atoms with van der Waals surface area (Å²) in [5.74, 6) is -1.84. The summed E-state index contributed by atoms with van der Waals surface area (Å²) in [5, 5.41) is 20.5. The Balaban J connectivity index is 1.95. The summed E-state index contributed by atoms with van der Waals surface area (Å²) in [6, 6.07) is 8.13. The van der Waals surface area contributed by atoms with Crippen molar-refractivity contribution < 1.29 is 43.5 Å². The molecule has 180 valence electrons. The molecule has 0 amide bonds. The third kappa shape index (κ3) is 7.40. The number of esters is 2. The van der Waals surface area contributed by atoms with Gasteiger partial charge in [0.2, 0.25) is 0 Å².